The molecule has 3 atom stereocenters. The van der Waals surface area contributed by atoms with Gasteiger partial charge in [-0.1, -0.05) is 89.2 Å². The second-order valence-corrected chi connectivity index (χ2v) is 14.6. The zero-order valence-corrected chi connectivity index (χ0v) is 35.8. The van der Waals surface area contributed by atoms with Crippen molar-refractivity contribution in [2.24, 2.45) is 5.92 Å². The largest absolute Gasteiger partial charge is 0.497 e. The normalized spacial score (nSPS) is 16.2. The summed E-state index contributed by atoms with van der Waals surface area (Å²) in [5, 5.41) is 11.7. The number of aromatic amines is 1. The van der Waals surface area contributed by atoms with Crippen LogP contribution in [0, 0.1) is 5.92 Å². The predicted octanol–water partition coefficient (Wildman–Crippen LogP) is 6.15. The fourth-order valence-corrected chi connectivity index (χ4v) is 6.98. The van der Waals surface area contributed by atoms with Crippen molar-refractivity contribution >= 4 is 35.0 Å². The number of fused-ring (bicyclic) bond motifs is 1. The molecular formula is C45H56N6O10. The molecule has 0 aliphatic carbocycles. The van der Waals surface area contributed by atoms with Crippen LogP contribution in [0.2, 0.25) is 0 Å². The molecule has 0 spiro atoms. The maximum Gasteiger partial charge on any atom is 0.306 e. The number of H-pyrrole nitrogens is 1. The topological polar surface area (TPSA) is 196 Å². The molecule has 0 bridgehead atoms. The van der Waals surface area contributed by atoms with Gasteiger partial charge in [-0.05, 0) is 60.6 Å². The van der Waals surface area contributed by atoms with Gasteiger partial charge in [-0.15, -0.1) is 0 Å². The van der Waals surface area contributed by atoms with Crippen LogP contribution in [0.25, 0.3) is 11.2 Å². The van der Waals surface area contributed by atoms with Crippen LogP contribution in [-0.4, -0.2) is 100 Å². The minimum absolute atomic E-state index is 0.0252. The van der Waals surface area contributed by atoms with E-state index in [4.69, 9.17) is 28.8 Å². The zero-order chi connectivity index (χ0) is 44.1. The molecule has 1 fully saturated rings. The van der Waals surface area contributed by atoms with E-state index in [0.717, 1.165) is 16.7 Å². The van der Waals surface area contributed by atoms with Crippen LogP contribution in [0.1, 0.15) is 76.8 Å². The lowest BCUT2D eigenvalue weighted by Gasteiger charge is -2.39. The van der Waals surface area contributed by atoms with Crippen LogP contribution in [0.15, 0.2) is 90.0 Å². The minimum Gasteiger partial charge on any atom is -0.497 e. The molecule has 16 nitrogen and oxygen atoms in total. The summed E-state index contributed by atoms with van der Waals surface area (Å²) >= 11 is 0. The Balaban J connectivity index is 0.000000925. The van der Waals surface area contributed by atoms with Gasteiger partial charge in [0.1, 0.15) is 36.0 Å². The molecule has 5 aromatic rings. The first-order chi connectivity index (χ1) is 29.4. The number of esters is 1. The molecule has 0 radical (unpaired) electrons. The van der Waals surface area contributed by atoms with Gasteiger partial charge < -0.3 is 33.7 Å². The number of carbonyl (C=O) groups is 3. The average Bonchev–Trinajstić information content (AvgIpc) is 3.89. The molecule has 326 valence electrons. The number of hydrogen-bond acceptors (Lipinski definition) is 12. The summed E-state index contributed by atoms with van der Waals surface area (Å²) in [6, 6.07) is 24.6. The Kier molecular flexibility index (Phi) is 16.1. The Morgan fingerprint density at radius 3 is 1.98 bits per heavy atom. The number of imidazole rings is 1. The number of aromatic nitrogens is 4. The van der Waals surface area contributed by atoms with Crippen molar-refractivity contribution in [1.82, 2.24) is 24.4 Å². The van der Waals surface area contributed by atoms with Crippen LogP contribution >= 0.6 is 0 Å². The fourth-order valence-electron chi connectivity index (χ4n) is 6.98. The lowest BCUT2D eigenvalue weighted by Crippen LogP contribution is -2.41. The molecule has 16 heteroatoms. The summed E-state index contributed by atoms with van der Waals surface area (Å²) in [5.41, 5.74) is 0.647. The number of aliphatic carboxylic acids is 1. The highest BCUT2D eigenvalue weighted by molar-refractivity contribution is 5.91. The van der Waals surface area contributed by atoms with Crippen molar-refractivity contribution in [2.75, 3.05) is 45.8 Å². The highest BCUT2D eigenvalue weighted by Gasteiger charge is 2.47. The molecule has 61 heavy (non-hydrogen) atoms. The van der Waals surface area contributed by atoms with E-state index in [0.29, 0.717) is 11.5 Å². The fraction of sp³-hybridized carbons (Fsp3) is 0.422. The van der Waals surface area contributed by atoms with Crippen LogP contribution in [0.5, 0.6) is 11.5 Å². The van der Waals surface area contributed by atoms with Crippen molar-refractivity contribution in [3.8, 4) is 11.5 Å². The summed E-state index contributed by atoms with van der Waals surface area (Å²) in [6.07, 6.45) is -1.63. The first-order valence-corrected chi connectivity index (χ1v) is 20.4. The van der Waals surface area contributed by atoms with Gasteiger partial charge in [0.05, 0.1) is 39.5 Å². The second kappa shape index (κ2) is 21.4. The van der Waals surface area contributed by atoms with Crippen molar-refractivity contribution in [1.29, 1.82) is 0 Å². The van der Waals surface area contributed by atoms with Gasteiger partial charge in [0.15, 0.2) is 11.2 Å². The Morgan fingerprint density at radius 2 is 1.48 bits per heavy atom. The molecule has 0 unspecified atom stereocenters. The summed E-state index contributed by atoms with van der Waals surface area (Å²) in [5.74, 6) is -1.32. The maximum absolute atomic E-state index is 13.0. The molecule has 3 aromatic carbocycles. The molecule has 6 rings (SSSR count). The number of anilines is 1. The van der Waals surface area contributed by atoms with E-state index in [9.17, 15) is 19.2 Å². The van der Waals surface area contributed by atoms with Crippen LogP contribution in [0.4, 0.5) is 5.95 Å². The van der Waals surface area contributed by atoms with Gasteiger partial charge in [0.25, 0.3) is 5.56 Å². The van der Waals surface area contributed by atoms with Crippen LogP contribution < -0.4 is 20.3 Å². The third kappa shape index (κ3) is 11.2. The van der Waals surface area contributed by atoms with E-state index in [1.165, 1.54) is 26.0 Å². The first-order valence-electron chi connectivity index (χ1n) is 20.4. The van der Waals surface area contributed by atoms with Gasteiger partial charge >= 0.3 is 11.9 Å². The molecule has 1 aliphatic heterocycles. The summed E-state index contributed by atoms with van der Waals surface area (Å²) in [6.45, 7) is 13.3. The number of methoxy groups -OCH3 is 2. The molecule has 3 heterocycles. The smallest absolute Gasteiger partial charge is 0.306 e. The standard InChI is InChI=1S/C39H41N5O10.C6H15N/c1-23(2)36(48)42-38-41-35-34(37(49)43-38)40-22-44(35)31-20-29(30(53-31)21-52-33(47)19-18-32(45)46)54-39(24-8-6-5-7-9-24,25-10-14-27(50-3)15-11-25)26-12-16-28(51-4)17-13-26;1-4-7(5-2)6-3/h5-17,22-23,29-31H,18-21H2,1-4H3,(H,45,46)(H2,41,42,43,48,49);4-6H2,1-3H3/t29-,30+,31+;/m0./s1. The second-order valence-electron chi connectivity index (χ2n) is 14.6. The van der Waals surface area contributed by atoms with E-state index < -0.39 is 48.0 Å². The molecule has 2 aromatic heterocycles. The van der Waals surface area contributed by atoms with Crippen molar-refractivity contribution < 1.29 is 43.2 Å². The summed E-state index contributed by atoms with van der Waals surface area (Å²) in [4.78, 5) is 63.1. The van der Waals surface area contributed by atoms with Crippen molar-refractivity contribution in [3.63, 3.8) is 0 Å². The third-order valence-electron chi connectivity index (χ3n) is 10.5. The Bertz CT molecular complexity index is 2200. The number of hydrogen-bond donors (Lipinski definition) is 3. The lowest BCUT2D eigenvalue weighted by molar-refractivity contribution is -0.155. The number of benzene rings is 3. The highest BCUT2D eigenvalue weighted by atomic mass is 16.6. The van der Waals surface area contributed by atoms with E-state index in [2.05, 4.69) is 45.9 Å². The third-order valence-corrected chi connectivity index (χ3v) is 10.5. The maximum atomic E-state index is 13.0. The SMILES string of the molecule is CCN(CC)CC.COc1ccc(C(O[C@H]2C[C@H](n3cnc4c(=O)[nH]c(NC(=O)C(C)C)nc43)O[C@@H]2COC(=O)CCC(=O)O)(c2ccccc2)c2ccc(OC)cc2)cc1. The van der Waals surface area contributed by atoms with Gasteiger partial charge in [-0.2, -0.15) is 4.98 Å². The predicted molar refractivity (Wildman–Crippen MR) is 229 cm³/mol. The molecular weight excluding hydrogens is 785 g/mol. The van der Waals surface area contributed by atoms with Crippen LogP contribution in [-0.2, 0) is 34.2 Å². The number of amides is 1. The van der Waals surface area contributed by atoms with Crippen LogP contribution in [0.3, 0.4) is 0 Å². The molecule has 0 saturated carbocycles. The van der Waals surface area contributed by atoms with Gasteiger partial charge in [-0.3, -0.25) is 34.0 Å². The first kappa shape index (κ1) is 46.0. The average molecular weight is 841 g/mol. The monoisotopic (exact) mass is 840 g/mol. The van der Waals surface area contributed by atoms with E-state index in [1.54, 1.807) is 32.6 Å². The number of rotatable bonds is 18. The molecule has 1 saturated heterocycles. The van der Waals surface area contributed by atoms with Crippen molar-refractivity contribution in [3.05, 3.63) is 112 Å². The number of carboxylic acids is 1. The number of carboxylic acid groups (broad SMARTS) is 1. The molecule has 3 N–H and O–H groups in total. The Hall–Kier alpha value is -6.10. The van der Waals surface area contributed by atoms with E-state index in [-0.39, 0.29) is 48.4 Å². The summed E-state index contributed by atoms with van der Waals surface area (Å²) < 4.78 is 32.0. The summed E-state index contributed by atoms with van der Waals surface area (Å²) in [7, 11) is 3.17. The quantitative estimate of drug-likeness (QED) is 0.0672. The van der Waals surface area contributed by atoms with Crippen molar-refractivity contribution in [2.45, 2.75) is 77.9 Å². The van der Waals surface area contributed by atoms with Gasteiger partial charge in [0, 0.05) is 12.3 Å². The van der Waals surface area contributed by atoms with E-state index in [1.807, 2.05) is 78.9 Å². The van der Waals surface area contributed by atoms with Gasteiger partial charge in [0.2, 0.25) is 11.9 Å². The highest BCUT2D eigenvalue weighted by Crippen LogP contribution is 2.46. The van der Waals surface area contributed by atoms with E-state index >= 15 is 0 Å². The molecule has 1 amide bonds. The Morgan fingerprint density at radius 1 is 0.902 bits per heavy atom. The van der Waals surface area contributed by atoms with Gasteiger partial charge in [-0.25, -0.2) is 4.98 Å². The zero-order valence-electron chi connectivity index (χ0n) is 35.8. The Labute approximate surface area is 355 Å². The number of ether oxygens (including phenoxy) is 5. The number of carbonyl (C=O) groups excluding carboxylic acids is 2. The number of nitrogens with zero attached hydrogens (tertiary/aromatic N) is 4. The minimum atomic E-state index is -1.27. The lowest BCUT2D eigenvalue weighted by atomic mass is 9.79. The number of nitrogens with one attached hydrogen (secondary N) is 2. The molecule has 1 aliphatic rings.